The van der Waals surface area contributed by atoms with Gasteiger partial charge < -0.3 is 9.29 Å². The number of nitrogens with zero attached hydrogens (tertiary/aromatic N) is 2. The van der Waals surface area contributed by atoms with Crippen molar-refractivity contribution in [2.45, 2.75) is 13.1 Å². The number of rotatable bonds is 6. The Kier molecular flexibility index (Phi) is 5.54. The number of hydrogen-bond donors (Lipinski definition) is 0. The van der Waals surface area contributed by atoms with Gasteiger partial charge in [0.05, 0.1) is 29.4 Å². The number of hydrogen-bond acceptors (Lipinski definition) is 6. The zero-order valence-corrected chi connectivity index (χ0v) is 15.0. The fourth-order valence-corrected chi connectivity index (χ4v) is 3.91. The molecule has 0 fully saturated rings. The van der Waals surface area contributed by atoms with E-state index >= 15 is 0 Å². The van der Waals surface area contributed by atoms with Gasteiger partial charge in [0.2, 0.25) is 0 Å². The van der Waals surface area contributed by atoms with Crippen molar-refractivity contribution in [1.29, 1.82) is 0 Å². The van der Waals surface area contributed by atoms with E-state index in [0.717, 1.165) is 20.8 Å². The fraction of sp³-hybridized carbons (Fsp3) is 0.176. The lowest BCUT2D eigenvalue weighted by atomic mass is 10.1. The second-order valence-corrected chi connectivity index (χ2v) is 7.34. The monoisotopic (exact) mass is 375 g/mol. The van der Waals surface area contributed by atoms with Gasteiger partial charge in [0, 0.05) is 17.8 Å². The lowest BCUT2D eigenvalue weighted by Gasteiger charge is -2.23. The summed E-state index contributed by atoms with van der Waals surface area (Å²) in [5, 5.41) is 0.733. The molecule has 25 heavy (non-hydrogen) atoms. The molecule has 0 N–H and O–H groups in total. The lowest BCUT2D eigenvalue weighted by Crippen LogP contribution is -2.24. The molecule has 1 aromatic heterocycles. The molecule has 0 saturated heterocycles. The Balaban J connectivity index is 1.75. The summed E-state index contributed by atoms with van der Waals surface area (Å²) in [6, 6.07) is 14.3. The maximum absolute atomic E-state index is 11.6. The number of esters is 1. The van der Waals surface area contributed by atoms with Gasteiger partial charge in [0.25, 0.3) is 0 Å². The van der Waals surface area contributed by atoms with Gasteiger partial charge in [-0.1, -0.05) is 24.3 Å². The van der Waals surface area contributed by atoms with Crippen LogP contribution in [0.15, 0.2) is 48.5 Å². The molecule has 3 aromatic rings. The van der Waals surface area contributed by atoms with Gasteiger partial charge in [-0.3, -0.25) is 4.21 Å². The van der Waals surface area contributed by atoms with Crippen molar-refractivity contribution in [2.75, 3.05) is 7.11 Å². The molecule has 2 aromatic carbocycles. The predicted octanol–water partition coefficient (Wildman–Crippen LogP) is 2.88. The number of benzene rings is 2. The topological polar surface area (TPSA) is 82.6 Å². The minimum atomic E-state index is -2.38. The number of methoxy groups -OCH3 is 1. The van der Waals surface area contributed by atoms with Crippen LogP contribution in [0.25, 0.3) is 10.2 Å². The summed E-state index contributed by atoms with van der Waals surface area (Å²) < 4.78 is 30.1. The third-order valence-corrected chi connectivity index (χ3v) is 5.30. The minimum absolute atomic E-state index is 0.202. The zero-order valence-electron chi connectivity index (χ0n) is 13.4. The number of thiazole rings is 1. The number of carbonyl (C=O) groups excluding carboxylic acids is 1. The van der Waals surface area contributed by atoms with Gasteiger partial charge in [-0.2, -0.15) is 0 Å². The molecule has 0 bridgehead atoms. The van der Waals surface area contributed by atoms with Crippen LogP contribution in [0.4, 0.5) is 0 Å². The molecule has 0 spiro atoms. The third-order valence-electron chi connectivity index (χ3n) is 3.59. The summed E-state index contributed by atoms with van der Waals surface area (Å²) in [5.74, 6) is -0.426. The van der Waals surface area contributed by atoms with Crippen LogP contribution in [0.3, 0.4) is 0 Å². The second kappa shape index (κ2) is 7.83. The summed E-state index contributed by atoms with van der Waals surface area (Å²) >= 11 is -0.908. The van der Waals surface area contributed by atoms with Crippen LogP contribution in [-0.2, 0) is 29.1 Å². The molecule has 8 heteroatoms. The van der Waals surface area contributed by atoms with Crippen LogP contribution < -0.4 is 0 Å². The molecule has 0 aliphatic heterocycles. The number of ether oxygens (including phenoxy) is 1. The highest BCUT2D eigenvalue weighted by Crippen LogP contribution is 2.23. The van der Waals surface area contributed by atoms with E-state index in [4.69, 9.17) is 0 Å². The molecule has 0 aliphatic carbocycles. The molecule has 3 rings (SSSR count). The second-order valence-electron chi connectivity index (χ2n) is 5.28. The Morgan fingerprint density at radius 3 is 2.56 bits per heavy atom. The largest absolute Gasteiger partial charge is 0.760 e. The Morgan fingerprint density at radius 1 is 1.20 bits per heavy atom. The van der Waals surface area contributed by atoms with Crippen molar-refractivity contribution in [3.63, 3.8) is 0 Å². The van der Waals surface area contributed by atoms with Gasteiger partial charge in [0.1, 0.15) is 5.01 Å². The van der Waals surface area contributed by atoms with E-state index < -0.39 is 17.2 Å². The maximum Gasteiger partial charge on any atom is 0.337 e. The van der Waals surface area contributed by atoms with Crippen LogP contribution in [0, 0.1) is 0 Å². The molecule has 0 saturated carbocycles. The van der Waals surface area contributed by atoms with E-state index in [0.29, 0.717) is 5.56 Å². The van der Waals surface area contributed by atoms with E-state index in [-0.39, 0.29) is 13.1 Å². The smallest absolute Gasteiger partial charge is 0.337 e. The molecule has 1 atom stereocenters. The summed E-state index contributed by atoms with van der Waals surface area (Å²) in [7, 11) is 1.32. The van der Waals surface area contributed by atoms with E-state index in [2.05, 4.69) is 9.72 Å². The van der Waals surface area contributed by atoms with Crippen LogP contribution >= 0.6 is 11.3 Å². The molecule has 1 unspecified atom stereocenters. The Hall–Kier alpha value is -2.13. The van der Waals surface area contributed by atoms with Crippen LogP contribution in [0.2, 0.25) is 0 Å². The molecule has 6 nitrogen and oxygen atoms in total. The number of aromatic nitrogens is 1. The van der Waals surface area contributed by atoms with Crippen LogP contribution in [-0.4, -0.2) is 31.1 Å². The summed E-state index contributed by atoms with van der Waals surface area (Å²) in [5.41, 5.74) is 2.06. The quantitative estimate of drug-likeness (QED) is 0.489. The van der Waals surface area contributed by atoms with Crippen molar-refractivity contribution >= 4 is 38.8 Å². The standard InChI is InChI=1S/C17H16N2O4S2/c1-23-17(20)13-8-6-12(7-9-13)10-19(25(21)22)11-16-18-14-4-2-3-5-15(14)24-16/h2-9H,10-11H2,1H3,(H,21,22)/p-1. The molecule has 0 amide bonds. The van der Waals surface area contributed by atoms with Crippen LogP contribution in [0.5, 0.6) is 0 Å². The van der Waals surface area contributed by atoms with Gasteiger partial charge in [-0.25, -0.2) is 14.1 Å². The number of fused-ring (bicyclic) bond motifs is 1. The van der Waals surface area contributed by atoms with E-state index in [9.17, 15) is 13.6 Å². The zero-order chi connectivity index (χ0) is 17.8. The first kappa shape index (κ1) is 17.7. The van der Waals surface area contributed by atoms with Crippen molar-refractivity contribution < 1.29 is 18.3 Å². The number of para-hydroxylation sites is 1. The van der Waals surface area contributed by atoms with Crippen LogP contribution in [0.1, 0.15) is 20.9 Å². The van der Waals surface area contributed by atoms with E-state index in [1.54, 1.807) is 24.3 Å². The predicted molar refractivity (Wildman–Crippen MR) is 95.6 cm³/mol. The average Bonchev–Trinajstić information content (AvgIpc) is 3.03. The summed E-state index contributed by atoms with van der Waals surface area (Å²) in [4.78, 5) is 15.9. The average molecular weight is 375 g/mol. The van der Waals surface area contributed by atoms with Crippen molar-refractivity contribution in [3.8, 4) is 0 Å². The van der Waals surface area contributed by atoms with E-state index in [1.165, 1.54) is 22.8 Å². The first-order chi connectivity index (χ1) is 12.1. The van der Waals surface area contributed by atoms with Gasteiger partial charge in [-0.15, -0.1) is 11.3 Å². The van der Waals surface area contributed by atoms with Crippen molar-refractivity contribution in [2.24, 2.45) is 0 Å². The summed E-state index contributed by atoms with van der Waals surface area (Å²) in [6.07, 6.45) is 0. The highest BCUT2D eigenvalue weighted by atomic mass is 32.2. The molecule has 1 heterocycles. The Labute approximate surface area is 151 Å². The maximum atomic E-state index is 11.6. The molecule has 0 aliphatic rings. The Bertz CT molecular complexity index is 875. The fourth-order valence-electron chi connectivity index (χ4n) is 2.37. The van der Waals surface area contributed by atoms with Gasteiger partial charge in [0.15, 0.2) is 0 Å². The Morgan fingerprint density at radius 2 is 1.92 bits per heavy atom. The molecule has 0 radical (unpaired) electrons. The van der Waals surface area contributed by atoms with Gasteiger partial charge >= 0.3 is 5.97 Å². The summed E-state index contributed by atoms with van der Waals surface area (Å²) in [6.45, 7) is 0.404. The first-order valence-corrected chi connectivity index (χ1v) is 9.27. The molecule has 130 valence electrons. The van der Waals surface area contributed by atoms with Crippen molar-refractivity contribution in [3.05, 3.63) is 64.7 Å². The molecular weight excluding hydrogens is 360 g/mol. The normalized spacial score (nSPS) is 12.4. The van der Waals surface area contributed by atoms with E-state index in [1.807, 2.05) is 24.3 Å². The lowest BCUT2D eigenvalue weighted by molar-refractivity contribution is 0.0600. The highest BCUT2D eigenvalue weighted by Gasteiger charge is 2.12. The third kappa shape index (κ3) is 4.29. The minimum Gasteiger partial charge on any atom is -0.760 e. The molecular formula is C17H15N2O4S2-. The first-order valence-electron chi connectivity index (χ1n) is 7.43. The SMILES string of the molecule is COC(=O)c1ccc(CN(Cc2nc3ccccc3s2)S(=O)[O-])cc1. The van der Waals surface area contributed by atoms with Gasteiger partial charge in [-0.05, 0) is 29.8 Å². The van der Waals surface area contributed by atoms with Crippen molar-refractivity contribution in [1.82, 2.24) is 9.29 Å². The number of carbonyl (C=O) groups is 1. The highest BCUT2D eigenvalue weighted by molar-refractivity contribution is 7.76.